The average molecular weight is 285 g/mol. The highest BCUT2D eigenvalue weighted by Gasteiger charge is 2.36. The third-order valence-electron chi connectivity index (χ3n) is 4.76. The van der Waals surface area contributed by atoms with E-state index in [0.717, 1.165) is 12.0 Å². The van der Waals surface area contributed by atoms with Crippen molar-refractivity contribution in [1.29, 1.82) is 0 Å². The molecule has 0 aromatic rings. The third-order valence-corrected chi connectivity index (χ3v) is 5.95. The number of hydrogen-bond acceptors (Lipinski definition) is 3. The van der Waals surface area contributed by atoms with Crippen molar-refractivity contribution >= 4 is 11.8 Å². The zero-order chi connectivity index (χ0) is 13.7. The highest BCUT2D eigenvalue weighted by Crippen LogP contribution is 2.39. The molecular weight excluding hydrogens is 252 g/mol. The molecule has 1 saturated heterocycles. The lowest BCUT2D eigenvalue weighted by Gasteiger charge is -2.41. The fraction of sp³-hybridized carbons (Fsp3) is 1.00. The maximum absolute atomic E-state index is 3.74. The van der Waals surface area contributed by atoms with Crippen LogP contribution >= 0.6 is 11.8 Å². The Kier molecular flexibility index (Phi) is 6.04. The van der Waals surface area contributed by atoms with Crippen LogP contribution in [-0.4, -0.2) is 48.6 Å². The second-order valence-electron chi connectivity index (χ2n) is 7.13. The van der Waals surface area contributed by atoms with Gasteiger partial charge in [-0.1, -0.05) is 26.7 Å². The number of nitrogens with zero attached hydrogens (tertiary/aromatic N) is 1. The SMILES string of the molecule is CC(C)CNCC1(CN2CCSCC2C)CCCC1. The summed E-state index contributed by atoms with van der Waals surface area (Å²) in [4.78, 5) is 2.76. The van der Waals surface area contributed by atoms with Crippen LogP contribution < -0.4 is 5.32 Å². The predicted molar refractivity (Wildman–Crippen MR) is 87.0 cm³/mol. The first-order valence-electron chi connectivity index (χ1n) is 8.14. The maximum Gasteiger partial charge on any atom is 0.0158 e. The molecule has 1 unspecified atom stereocenters. The summed E-state index contributed by atoms with van der Waals surface area (Å²) in [5.74, 6) is 3.43. The van der Waals surface area contributed by atoms with Crippen LogP contribution in [0.1, 0.15) is 46.5 Å². The molecule has 2 fully saturated rings. The van der Waals surface area contributed by atoms with Crippen LogP contribution in [0.3, 0.4) is 0 Å². The molecule has 0 amide bonds. The minimum atomic E-state index is 0.575. The summed E-state index contributed by atoms with van der Waals surface area (Å²) in [6.45, 7) is 12.1. The minimum Gasteiger partial charge on any atom is -0.316 e. The molecule has 1 heterocycles. The summed E-state index contributed by atoms with van der Waals surface area (Å²) < 4.78 is 0. The molecule has 0 bridgehead atoms. The van der Waals surface area contributed by atoms with Gasteiger partial charge < -0.3 is 5.32 Å². The van der Waals surface area contributed by atoms with Crippen LogP contribution in [-0.2, 0) is 0 Å². The Bertz CT molecular complexity index is 261. The fourth-order valence-electron chi connectivity index (χ4n) is 3.57. The highest BCUT2D eigenvalue weighted by molar-refractivity contribution is 7.99. The fourth-order valence-corrected chi connectivity index (χ4v) is 4.65. The Labute approximate surface area is 124 Å². The summed E-state index contributed by atoms with van der Waals surface area (Å²) in [6, 6.07) is 0.779. The average Bonchev–Trinajstić information content (AvgIpc) is 2.81. The molecule has 1 aliphatic heterocycles. The summed E-state index contributed by atoms with van der Waals surface area (Å²) in [7, 11) is 0. The van der Waals surface area contributed by atoms with E-state index < -0.39 is 0 Å². The Morgan fingerprint density at radius 1 is 1.32 bits per heavy atom. The molecule has 0 spiro atoms. The van der Waals surface area contributed by atoms with Gasteiger partial charge in [-0.2, -0.15) is 11.8 Å². The van der Waals surface area contributed by atoms with Crippen molar-refractivity contribution in [2.45, 2.75) is 52.5 Å². The number of nitrogens with one attached hydrogen (secondary N) is 1. The van der Waals surface area contributed by atoms with Crippen molar-refractivity contribution in [2.24, 2.45) is 11.3 Å². The van der Waals surface area contributed by atoms with Gasteiger partial charge >= 0.3 is 0 Å². The lowest BCUT2D eigenvalue weighted by Crippen LogP contribution is -2.49. The highest BCUT2D eigenvalue weighted by atomic mass is 32.2. The molecular formula is C16H32N2S. The second kappa shape index (κ2) is 7.33. The smallest absolute Gasteiger partial charge is 0.0158 e. The first kappa shape index (κ1) is 15.7. The van der Waals surface area contributed by atoms with E-state index in [1.54, 1.807) is 0 Å². The lowest BCUT2D eigenvalue weighted by molar-refractivity contribution is 0.126. The predicted octanol–water partition coefficient (Wildman–Crippen LogP) is 3.23. The van der Waals surface area contributed by atoms with E-state index >= 15 is 0 Å². The maximum atomic E-state index is 3.74. The third kappa shape index (κ3) is 4.64. The zero-order valence-electron chi connectivity index (χ0n) is 13.1. The van der Waals surface area contributed by atoms with Crippen LogP contribution in [0.2, 0.25) is 0 Å². The molecule has 19 heavy (non-hydrogen) atoms. The normalized spacial score (nSPS) is 28.1. The molecule has 1 atom stereocenters. The van der Waals surface area contributed by atoms with Crippen molar-refractivity contribution in [2.75, 3.05) is 37.7 Å². The van der Waals surface area contributed by atoms with Gasteiger partial charge in [0, 0.05) is 37.2 Å². The van der Waals surface area contributed by atoms with Crippen molar-refractivity contribution in [3.8, 4) is 0 Å². The van der Waals surface area contributed by atoms with Gasteiger partial charge in [0.2, 0.25) is 0 Å². The van der Waals surface area contributed by atoms with Gasteiger partial charge in [-0.15, -0.1) is 0 Å². The van der Waals surface area contributed by atoms with Gasteiger partial charge in [0.25, 0.3) is 0 Å². The van der Waals surface area contributed by atoms with E-state index in [2.05, 4.69) is 42.7 Å². The molecule has 2 nitrogen and oxygen atoms in total. The van der Waals surface area contributed by atoms with Crippen molar-refractivity contribution in [1.82, 2.24) is 10.2 Å². The van der Waals surface area contributed by atoms with E-state index in [-0.39, 0.29) is 0 Å². The molecule has 0 aromatic carbocycles. The summed E-state index contributed by atoms with van der Waals surface area (Å²) in [5, 5.41) is 3.74. The molecule has 3 heteroatoms. The second-order valence-corrected chi connectivity index (χ2v) is 8.28. The van der Waals surface area contributed by atoms with Gasteiger partial charge in [-0.25, -0.2) is 0 Å². The van der Waals surface area contributed by atoms with Gasteiger partial charge in [-0.3, -0.25) is 4.90 Å². The van der Waals surface area contributed by atoms with Crippen molar-refractivity contribution < 1.29 is 0 Å². The van der Waals surface area contributed by atoms with E-state index in [1.807, 2.05) is 0 Å². The number of rotatable bonds is 6. The molecule has 2 rings (SSSR count). The summed E-state index contributed by atoms with van der Waals surface area (Å²) in [5.41, 5.74) is 0.575. The van der Waals surface area contributed by atoms with E-state index in [4.69, 9.17) is 0 Å². The molecule has 1 saturated carbocycles. The van der Waals surface area contributed by atoms with Crippen LogP contribution in [0.4, 0.5) is 0 Å². The number of hydrogen-bond donors (Lipinski definition) is 1. The zero-order valence-corrected chi connectivity index (χ0v) is 13.9. The van der Waals surface area contributed by atoms with Gasteiger partial charge in [0.15, 0.2) is 0 Å². The van der Waals surface area contributed by atoms with Crippen LogP contribution in [0.25, 0.3) is 0 Å². The molecule has 0 aromatic heterocycles. The molecule has 112 valence electrons. The van der Waals surface area contributed by atoms with Crippen LogP contribution in [0.15, 0.2) is 0 Å². The Hall–Kier alpha value is 0.270. The Morgan fingerprint density at radius 2 is 2.05 bits per heavy atom. The molecule has 1 N–H and O–H groups in total. The van der Waals surface area contributed by atoms with Crippen LogP contribution in [0.5, 0.6) is 0 Å². The minimum absolute atomic E-state index is 0.575. The largest absolute Gasteiger partial charge is 0.316 e. The standard InChI is InChI=1S/C16H32N2S/c1-14(2)10-17-12-16(6-4-5-7-16)13-18-8-9-19-11-15(18)3/h14-15,17H,4-13H2,1-3H3. The molecule has 0 radical (unpaired) electrons. The molecule has 2 aliphatic rings. The van der Waals surface area contributed by atoms with Gasteiger partial charge in [-0.05, 0) is 37.6 Å². The molecule has 1 aliphatic carbocycles. The van der Waals surface area contributed by atoms with E-state index in [9.17, 15) is 0 Å². The van der Waals surface area contributed by atoms with E-state index in [0.29, 0.717) is 5.41 Å². The first-order chi connectivity index (χ1) is 9.11. The van der Waals surface area contributed by atoms with Gasteiger partial charge in [0.05, 0.1) is 0 Å². The Balaban J connectivity index is 1.87. The topological polar surface area (TPSA) is 15.3 Å². The van der Waals surface area contributed by atoms with Crippen LogP contribution in [0, 0.1) is 11.3 Å². The monoisotopic (exact) mass is 284 g/mol. The van der Waals surface area contributed by atoms with Gasteiger partial charge in [0.1, 0.15) is 0 Å². The van der Waals surface area contributed by atoms with Crippen molar-refractivity contribution in [3.05, 3.63) is 0 Å². The van der Waals surface area contributed by atoms with E-state index in [1.165, 1.54) is 63.4 Å². The lowest BCUT2D eigenvalue weighted by atomic mass is 9.84. The van der Waals surface area contributed by atoms with Crippen molar-refractivity contribution in [3.63, 3.8) is 0 Å². The summed E-state index contributed by atoms with van der Waals surface area (Å²) in [6.07, 6.45) is 5.77. The Morgan fingerprint density at radius 3 is 2.68 bits per heavy atom. The summed E-state index contributed by atoms with van der Waals surface area (Å²) >= 11 is 2.13. The quantitative estimate of drug-likeness (QED) is 0.806. The first-order valence-corrected chi connectivity index (χ1v) is 9.29. The number of thioether (sulfide) groups is 1.